The van der Waals surface area contributed by atoms with E-state index in [9.17, 15) is 10.2 Å². The monoisotopic (exact) mass is 251 g/mol. The molecule has 2 N–H and O–H groups in total. The van der Waals surface area contributed by atoms with Crippen LogP contribution in [0.5, 0.6) is 5.75 Å². The summed E-state index contributed by atoms with van der Waals surface area (Å²) in [5, 5.41) is 27.7. The number of aliphatic hydroxyl groups excluding tert-OH is 2. The largest absolute Gasteiger partial charge is 0.491 e. The molecule has 1 aromatic rings. The second-order valence-corrected chi connectivity index (χ2v) is 3.78. The molecule has 0 saturated heterocycles. The van der Waals surface area contributed by atoms with Gasteiger partial charge in [0.05, 0.1) is 25.2 Å². The summed E-state index contributed by atoms with van der Waals surface area (Å²) < 4.78 is 10.2. The summed E-state index contributed by atoms with van der Waals surface area (Å²) in [6.45, 7) is 0.959. The summed E-state index contributed by atoms with van der Waals surface area (Å²) in [6, 6.07) is 8.54. The molecule has 1 aromatic carbocycles. The van der Waals surface area contributed by atoms with Crippen LogP contribution in [0.2, 0.25) is 0 Å². The van der Waals surface area contributed by atoms with Crippen molar-refractivity contribution in [1.82, 2.24) is 0 Å². The molecule has 0 aliphatic carbocycles. The number of nitriles is 1. The van der Waals surface area contributed by atoms with E-state index in [2.05, 4.69) is 0 Å². The Balaban J connectivity index is 2.56. The van der Waals surface area contributed by atoms with Gasteiger partial charge in [-0.1, -0.05) is 12.1 Å². The maximum atomic E-state index is 9.76. The molecule has 0 amide bonds. The highest BCUT2D eigenvalue weighted by molar-refractivity contribution is 5.29. The number of hydrogen-bond acceptors (Lipinski definition) is 5. The molecule has 0 spiro atoms. The van der Waals surface area contributed by atoms with Crippen LogP contribution in [0.1, 0.15) is 18.1 Å². The minimum absolute atomic E-state index is 0.104. The van der Waals surface area contributed by atoms with E-state index in [4.69, 9.17) is 14.7 Å². The van der Waals surface area contributed by atoms with Gasteiger partial charge in [0.2, 0.25) is 0 Å². The van der Waals surface area contributed by atoms with Gasteiger partial charge in [0.1, 0.15) is 18.5 Å². The molecule has 2 unspecified atom stereocenters. The quantitative estimate of drug-likeness (QED) is 0.707. The summed E-state index contributed by atoms with van der Waals surface area (Å²) in [5.74, 6) is 0.665. The van der Waals surface area contributed by atoms with Crippen LogP contribution in [0.4, 0.5) is 0 Å². The van der Waals surface area contributed by atoms with Crippen molar-refractivity contribution in [1.29, 1.82) is 5.26 Å². The summed E-state index contributed by atoms with van der Waals surface area (Å²) in [4.78, 5) is 0. The fourth-order valence-electron chi connectivity index (χ4n) is 1.43. The number of aliphatic hydroxyl groups is 2. The van der Waals surface area contributed by atoms with Crippen molar-refractivity contribution in [2.24, 2.45) is 0 Å². The molecule has 0 heterocycles. The van der Waals surface area contributed by atoms with Crippen molar-refractivity contribution < 1.29 is 19.7 Å². The molecule has 5 nitrogen and oxygen atoms in total. The lowest BCUT2D eigenvalue weighted by Crippen LogP contribution is -2.17. The van der Waals surface area contributed by atoms with Crippen molar-refractivity contribution >= 4 is 0 Å². The topological polar surface area (TPSA) is 82.7 Å². The van der Waals surface area contributed by atoms with Gasteiger partial charge in [-0.05, 0) is 17.7 Å². The van der Waals surface area contributed by atoms with Gasteiger partial charge in [0.25, 0.3) is 0 Å². The second-order valence-electron chi connectivity index (χ2n) is 3.78. The maximum absolute atomic E-state index is 9.76. The average molecular weight is 251 g/mol. The summed E-state index contributed by atoms with van der Waals surface area (Å²) in [5.41, 5.74) is 0.553. The maximum Gasteiger partial charge on any atom is 0.119 e. The molecule has 5 heteroatoms. The number of hydrogen-bond donors (Lipinski definition) is 2. The minimum Gasteiger partial charge on any atom is -0.491 e. The molecule has 0 radical (unpaired) electrons. The van der Waals surface area contributed by atoms with Crippen LogP contribution >= 0.6 is 0 Å². The molecule has 18 heavy (non-hydrogen) atoms. The first-order valence-electron chi connectivity index (χ1n) is 5.63. The average Bonchev–Trinajstić information content (AvgIpc) is 2.39. The number of nitrogens with zero attached hydrogens (tertiary/aromatic N) is 1. The van der Waals surface area contributed by atoms with Gasteiger partial charge in [-0.25, -0.2) is 0 Å². The van der Waals surface area contributed by atoms with Gasteiger partial charge in [0.15, 0.2) is 0 Å². The van der Waals surface area contributed by atoms with Gasteiger partial charge in [-0.15, -0.1) is 0 Å². The van der Waals surface area contributed by atoms with E-state index >= 15 is 0 Å². The second kappa shape index (κ2) is 7.67. The van der Waals surface area contributed by atoms with Crippen LogP contribution in [0.15, 0.2) is 24.3 Å². The van der Waals surface area contributed by atoms with Crippen LogP contribution in [-0.2, 0) is 4.74 Å². The molecule has 98 valence electrons. The molecule has 0 aromatic heterocycles. The third-order valence-electron chi connectivity index (χ3n) is 2.44. The Morgan fingerprint density at radius 3 is 2.44 bits per heavy atom. The fourth-order valence-corrected chi connectivity index (χ4v) is 1.43. The Morgan fingerprint density at radius 2 is 1.89 bits per heavy atom. The van der Waals surface area contributed by atoms with E-state index in [0.717, 1.165) is 0 Å². The van der Waals surface area contributed by atoms with Crippen LogP contribution < -0.4 is 4.74 Å². The van der Waals surface area contributed by atoms with Gasteiger partial charge >= 0.3 is 0 Å². The molecule has 0 aliphatic heterocycles. The molecular weight excluding hydrogens is 234 g/mol. The third kappa shape index (κ3) is 4.34. The number of rotatable bonds is 7. The Morgan fingerprint density at radius 1 is 1.22 bits per heavy atom. The van der Waals surface area contributed by atoms with Gasteiger partial charge in [0, 0.05) is 7.11 Å². The lowest BCUT2D eigenvalue weighted by atomic mass is 10.0. The zero-order chi connectivity index (χ0) is 13.4. The van der Waals surface area contributed by atoms with Crippen molar-refractivity contribution in [2.45, 2.75) is 18.6 Å². The molecule has 2 atom stereocenters. The molecular formula is C13H17NO4. The molecule has 1 rings (SSSR count). The van der Waals surface area contributed by atoms with E-state index in [1.807, 2.05) is 6.07 Å². The van der Waals surface area contributed by atoms with E-state index in [1.165, 1.54) is 0 Å². The van der Waals surface area contributed by atoms with Gasteiger partial charge < -0.3 is 19.7 Å². The lowest BCUT2D eigenvalue weighted by Gasteiger charge is -2.15. The van der Waals surface area contributed by atoms with Crippen molar-refractivity contribution in [3.8, 4) is 11.8 Å². The zero-order valence-corrected chi connectivity index (χ0v) is 10.2. The first-order chi connectivity index (χ1) is 8.69. The van der Waals surface area contributed by atoms with E-state index in [-0.39, 0.29) is 6.42 Å². The first kappa shape index (κ1) is 14.5. The van der Waals surface area contributed by atoms with Crippen molar-refractivity contribution in [2.75, 3.05) is 20.3 Å². The minimum atomic E-state index is -1.07. The van der Waals surface area contributed by atoms with E-state index in [1.54, 1.807) is 31.4 Å². The van der Waals surface area contributed by atoms with Crippen LogP contribution in [0.25, 0.3) is 0 Å². The summed E-state index contributed by atoms with van der Waals surface area (Å²) >= 11 is 0. The SMILES string of the molecule is COCCOc1ccc(C(O)C(O)CC#N)cc1. The van der Waals surface area contributed by atoms with Crippen LogP contribution in [0, 0.1) is 11.3 Å². The van der Waals surface area contributed by atoms with E-state index < -0.39 is 12.2 Å². The smallest absolute Gasteiger partial charge is 0.119 e. The van der Waals surface area contributed by atoms with Crippen molar-refractivity contribution in [3.05, 3.63) is 29.8 Å². The van der Waals surface area contributed by atoms with Gasteiger partial charge in [-0.3, -0.25) is 0 Å². The lowest BCUT2D eigenvalue weighted by molar-refractivity contribution is 0.0216. The third-order valence-corrected chi connectivity index (χ3v) is 2.44. The highest BCUT2D eigenvalue weighted by Gasteiger charge is 2.17. The number of benzene rings is 1. The van der Waals surface area contributed by atoms with Crippen molar-refractivity contribution in [3.63, 3.8) is 0 Å². The molecule has 0 saturated carbocycles. The highest BCUT2D eigenvalue weighted by atomic mass is 16.5. The van der Waals surface area contributed by atoms with Crippen LogP contribution in [0.3, 0.4) is 0 Å². The Labute approximate surface area is 106 Å². The standard InChI is InChI=1S/C13H17NO4/c1-17-8-9-18-11-4-2-10(3-5-11)13(16)12(15)6-7-14/h2-5,12-13,15-16H,6,8-9H2,1H3. The first-order valence-corrected chi connectivity index (χ1v) is 5.63. The Hall–Kier alpha value is -1.61. The molecule has 0 fully saturated rings. The normalized spacial score (nSPS) is 13.7. The predicted octanol–water partition coefficient (Wildman–Crippen LogP) is 1.02. The number of ether oxygens (including phenoxy) is 2. The molecule has 0 bridgehead atoms. The highest BCUT2D eigenvalue weighted by Crippen LogP contribution is 2.21. The number of methoxy groups -OCH3 is 1. The zero-order valence-electron chi connectivity index (χ0n) is 10.2. The predicted molar refractivity (Wildman–Crippen MR) is 65.0 cm³/mol. The Bertz CT molecular complexity index is 385. The molecule has 0 aliphatic rings. The van der Waals surface area contributed by atoms with E-state index in [0.29, 0.717) is 24.5 Å². The van der Waals surface area contributed by atoms with Crippen LogP contribution in [-0.4, -0.2) is 36.6 Å². The van der Waals surface area contributed by atoms with Gasteiger partial charge in [-0.2, -0.15) is 5.26 Å². The fraction of sp³-hybridized carbons (Fsp3) is 0.462. The summed E-state index contributed by atoms with van der Waals surface area (Å²) in [6.07, 6.45) is -2.24. The Kier molecular flexibility index (Phi) is 6.15. The summed E-state index contributed by atoms with van der Waals surface area (Å²) in [7, 11) is 1.60.